The van der Waals surface area contributed by atoms with E-state index in [1.807, 2.05) is 0 Å². The lowest BCUT2D eigenvalue weighted by Gasteiger charge is -2.15. The van der Waals surface area contributed by atoms with Gasteiger partial charge in [0.25, 0.3) is 0 Å². The highest BCUT2D eigenvalue weighted by Gasteiger charge is 2.34. The highest BCUT2D eigenvalue weighted by molar-refractivity contribution is 5.94. The van der Waals surface area contributed by atoms with Crippen LogP contribution in [0.3, 0.4) is 0 Å². The summed E-state index contributed by atoms with van der Waals surface area (Å²) in [4.78, 5) is 11.2. The molecule has 0 aliphatic heterocycles. The van der Waals surface area contributed by atoms with E-state index in [-0.39, 0.29) is 17.1 Å². The molecule has 0 bridgehead atoms. The number of hydrogen-bond acceptors (Lipinski definition) is 2. The lowest BCUT2D eigenvalue weighted by molar-refractivity contribution is -0.138. The second-order valence-electron chi connectivity index (χ2n) is 4.39. The molecule has 3 nitrogen and oxygen atoms in total. The van der Waals surface area contributed by atoms with Crippen LogP contribution >= 0.6 is 0 Å². The van der Waals surface area contributed by atoms with Gasteiger partial charge in [-0.1, -0.05) is 18.2 Å². The number of amides is 1. The van der Waals surface area contributed by atoms with E-state index < -0.39 is 17.6 Å². The zero-order valence-electron chi connectivity index (χ0n) is 11.1. The molecule has 0 aromatic heterocycles. The van der Waals surface area contributed by atoms with Crippen molar-refractivity contribution in [1.29, 1.82) is 0 Å². The average Bonchev–Trinajstić information content (AvgIpc) is 2.40. The minimum absolute atomic E-state index is 0.156. The first-order valence-electron chi connectivity index (χ1n) is 6.04. The van der Waals surface area contributed by atoms with Gasteiger partial charge in [0.1, 0.15) is 11.5 Å². The van der Waals surface area contributed by atoms with Crippen LogP contribution < -0.4 is 10.5 Å². The topological polar surface area (TPSA) is 52.3 Å². The van der Waals surface area contributed by atoms with Gasteiger partial charge in [-0.05, 0) is 31.2 Å². The third-order valence-electron chi connectivity index (χ3n) is 2.96. The fourth-order valence-corrected chi connectivity index (χ4v) is 1.90. The quantitative estimate of drug-likeness (QED) is 0.933. The first-order valence-corrected chi connectivity index (χ1v) is 6.04. The van der Waals surface area contributed by atoms with Crippen LogP contribution in [-0.2, 0) is 6.18 Å². The lowest BCUT2D eigenvalue weighted by atomic mass is 10.1. The number of halogens is 3. The van der Waals surface area contributed by atoms with E-state index in [9.17, 15) is 18.0 Å². The van der Waals surface area contributed by atoms with Gasteiger partial charge >= 0.3 is 6.18 Å². The summed E-state index contributed by atoms with van der Waals surface area (Å²) in [5.41, 5.74) is 4.92. The lowest BCUT2D eigenvalue weighted by Crippen LogP contribution is -2.13. The van der Waals surface area contributed by atoms with E-state index >= 15 is 0 Å². The minimum atomic E-state index is -4.52. The molecule has 110 valence electrons. The summed E-state index contributed by atoms with van der Waals surface area (Å²) in [5, 5.41) is 0. The van der Waals surface area contributed by atoms with Crippen LogP contribution in [0.5, 0.6) is 11.5 Å². The smallest absolute Gasteiger partial charge is 0.419 e. The molecule has 2 aromatic rings. The van der Waals surface area contributed by atoms with Crippen LogP contribution in [0.1, 0.15) is 21.5 Å². The van der Waals surface area contributed by atoms with Crippen molar-refractivity contribution in [1.82, 2.24) is 0 Å². The largest absolute Gasteiger partial charge is 0.456 e. The van der Waals surface area contributed by atoms with E-state index in [0.29, 0.717) is 5.56 Å². The molecule has 0 radical (unpaired) electrons. The first-order chi connectivity index (χ1) is 9.80. The zero-order chi connectivity index (χ0) is 15.6. The van der Waals surface area contributed by atoms with Crippen LogP contribution in [0.15, 0.2) is 42.5 Å². The molecular formula is C15H12F3NO2. The van der Waals surface area contributed by atoms with Crippen LogP contribution in [0.2, 0.25) is 0 Å². The second kappa shape index (κ2) is 5.47. The molecule has 0 saturated heterocycles. The summed E-state index contributed by atoms with van der Waals surface area (Å²) >= 11 is 0. The molecule has 0 aliphatic rings. The fraction of sp³-hybridized carbons (Fsp3) is 0.133. The van der Waals surface area contributed by atoms with Crippen molar-refractivity contribution in [3.63, 3.8) is 0 Å². The predicted octanol–water partition coefficient (Wildman–Crippen LogP) is 3.91. The number of benzene rings is 2. The summed E-state index contributed by atoms with van der Waals surface area (Å²) < 4.78 is 44.0. The molecule has 0 spiro atoms. The molecule has 2 rings (SSSR count). The number of carbonyl (C=O) groups is 1. The number of ether oxygens (including phenoxy) is 1. The second-order valence-corrected chi connectivity index (χ2v) is 4.39. The molecule has 6 heteroatoms. The van der Waals surface area contributed by atoms with Gasteiger partial charge in [-0.25, -0.2) is 0 Å². The Bertz CT molecular complexity index is 681. The Balaban J connectivity index is 2.45. The van der Waals surface area contributed by atoms with Crippen LogP contribution in [-0.4, -0.2) is 5.91 Å². The maximum atomic E-state index is 12.9. The number of carbonyl (C=O) groups excluding carboxylic acids is 1. The summed E-state index contributed by atoms with van der Waals surface area (Å²) in [6.07, 6.45) is -4.52. The van der Waals surface area contributed by atoms with Crippen molar-refractivity contribution >= 4 is 5.91 Å². The number of para-hydroxylation sites is 1. The zero-order valence-corrected chi connectivity index (χ0v) is 11.1. The van der Waals surface area contributed by atoms with Gasteiger partial charge < -0.3 is 10.5 Å². The fourth-order valence-electron chi connectivity index (χ4n) is 1.90. The Kier molecular flexibility index (Phi) is 3.88. The Morgan fingerprint density at radius 1 is 1.05 bits per heavy atom. The molecule has 1 amide bonds. The minimum Gasteiger partial charge on any atom is -0.456 e. The normalized spacial score (nSPS) is 11.2. The number of alkyl halides is 3. The Morgan fingerprint density at radius 2 is 1.67 bits per heavy atom. The molecule has 2 aromatic carbocycles. The Labute approximate surface area is 119 Å². The SMILES string of the molecule is Cc1c(Oc2ccccc2C(F)(F)F)cccc1C(N)=O. The molecule has 21 heavy (non-hydrogen) atoms. The monoisotopic (exact) mass is 295 g/mol. The van der Waals surface area contributed by atoms with Crippen molar-refractivity contribution < 1.29 is 22.7 Å². The molecular weight excluding hydrogens is 283 g/mol. The predicted molar refractivity (Wildman–Crippen MR) is 71.2 cm³/mol. The molecule has 0 atom stereocenters. The molecule has 2 N–H and O–H groups in total. The van der Waals surface area contributed by atoms with Gasteiger partial charge in [-0.2, -0.15) is 13.2 Å². The van der Waals surface area contributed by atoms with E-state index in [0.717, 1.165) is 6.07 Å². The van der Waals surface area contributed by atoms with Gasteiger partial charge in [-0.3, -0.25) is 4.79 Å². The number of primary amides is 1. The molecule has 0 aliphatic carbocycles. The highest BCUT2D eigenvalue weighted by atomic mass is 19.4. The van der Waals surface area contributed by atoms with Gasteiger partial charge in [0, 0.05) is 11.1 Å². The molecule has 0 fully saturated rings. The van der Waals surface area contributed by atoms with Gasteiger partial charge in [0.15, 0.2) is 0 Å². The number of nitrogens with two attached hydrogens (primary N) is 1. The summed E-state index contributed by atoms with van der Waals surface area (Å²) in [6.45, 7) is 1.56. The molecule has 0 unspecified atom stereocenters. The van der Waals surface area contributed by atoms with Crippen LogP contribution in [0.25, 0.3) is 0 Å². The summed E-state index contributed by atoms with van der Waals surface area (Å²) in [5.74, 6) is -0.834. The average molecular weight is 295 g/mol. The van der Waals surface area contributed by atoms with Crippen molar-refractivity contribution in [3.8, 4) is 11.5 Å². The van der Waals surface area contributed by atoms with Crippen molar-refractivity contribution in [2.75, 3.05) is 0 Å². The van der Waals surface area contributed by atoms with Crippen molar-refractivity contribution in [3.05, 3.63) is 59.2 Å². The first kappa shape index (κ1) is 14.9. The van der Waals surface area contributed by atoms with Gasteiger partial charge in [0.2, 0.25) is 5.91 Å². The number of rotatable bonds is 3. The van der Waals surface area contributed by atoms with Gasteiger partial charge in [-0.15, -0.1) is 0 Å². The van der Waals surface area contributed by atoms with E-state index in [2.05, 4.69) is 0 Å². The standard InChI is InChI=1S/C15H12F3NO2/c1-9-10(14(19)20)5-4-8-12(9)21-13-7-3-2-6-11(13)15(16,17)18/h2-8H,1H3,(H2,19,20). The highest BCUT2D eigenvalue weighted by Crippen LogP contribution is 2.38. The van der Waals surface area contributed by atoms with Crippen LogP contribution in [0.4, 0.5) is 13.2 Å². The van der Waals surface area contributed by atoms with E-state index in [1.165, 1.54) is 36.4 Å². The Hall–Kier alpha value is -2.50. The van der Waals surface area contributed by atoms with Gasteiger partial charge in [0.05, 0.1) is 5.56 Å². The van der Waals surface area contributed by atoms with E-state index in [4.69, 9.17) is 10.5 Å². The van der Waals surface area contributed by atoms with E-state index in [1.54, 1.807) is 6.92 Å². The van der Waals surface area contributed by atoms with Crippen molar-refractivity contribution in [2.45, 2.75) is 13.1 Å². The number of hydrogen-bond donors (Lipinski definition) is 1. The Morgan fingerprint density at radius 3 is 2.29 bits per heavy atom. The molecule has 0 heterocycles. The third kappa shape index (κ3) is 3.16. The third-order valence-corrected chi connectivity index (χ3v) is 2.96. The van der Waals surface area contributed by atoms with Crippen molar-refractivity contribution in [2.24, 2.45) is 5.73 Å². The summed E-state index contributed by atoms with van der Waals surface area (Å²) in [6, 6.07) is 9.34. The maximum absolute atomic E-state index is 12.9. The maximum Gasteiger partial charge on any atom is 0.419 e. The summed E-state index contributed by atoms with van der Waals surface area (Å²) in [7, 11) is 0. The van der Waals surface area contributed by atoms with Crippen LogP contribution in [0, 0.1) is 6.92 Å². The molecule has 0 saturated carbocycles.